The van der Waals surface area contributed by atoms with E-state index in [1.165, 1.54) is 0 Å². The minimum absolute atomic E-state index is 0.0139. The first-order valence-corrected chi connectivity index (χ1v) is 3.39. The van der Waals surface area contributed by atoms with Gasteiger partial charge >= 0.3 is 0 Å². The summed E-state index contributed by atoms with van der Waals surface area (Å²) in [4.78, 5) is 0. The van der Waals surface area contributed by atoms with Crippen molar-refractivity contribution in [3.05, 3.63) is 0 Å². The van der Waals surface area contributed by atoms with Crippen LogP contribution >= 0.6 is 0 Å². The van der Waals surface area contributed by atoms with Crippen molar-refractivity contribution in [2.75, 3.05) is 13.7 Å². The van der Waals surface area contributed by atoms with Gasteiger partial charge in [0, 0.05) is 19.2 Å². The van der Waals surface area contributed by atoms with Gasteiger partial charge in [0.25, 0.3) is 0 Å². The van der Waals surface area contributed by atoms with Gasteiger partial charge in [-0.2, -0.15) is 0 Å². The summed E-state index contributed by atoms with van der Waals surface area (Å²) in [5.41, 5.74) is 5.67. The predicted molar refractivity (Wildman–Crippen MR) is 38.9 cm³/mol. The minimum Gasteiger partial charge on any atom is -0.382 e. The zero-order valence-electron chi connectivity index (χ0n) is 6.12. The molecule has 4 heteroatoms. The predicted octanol–water partition coefficient (Wildman–Crippen LogP) is -0.756. The Balaban J connectivity index is 2.31. The molecule has 0 saturated carbocycles. The van der Waals surface area contributed by atoms with Crippen LogP contribution in [0.5, 0.6) is 0 Å². The van der Waals surface area contributed by atoms with Crippen molar-refractivity contribution in [3.8, 4) is 0 Å². The van der Waals surface area contributed by atoms with Crippen molar-refractivity contribution in [2.45, 2.75) is 24.6 Å². The lowest BCUT2D eigenvalue weighted by Crippen LogP contribution is -2.33. The third-order valence-electron chi connectivity index (χ3n) is 1.66. The van der Waals surface area contributed by atoms with E-state index in [-0.39, 0.29) is 18.1 Å². The third-order valence-corrected chi connectivity index (χ3v) is 1.66. The first-order valence-electron chi connectivity index (χ1n) is 3.39. The van der Waals surface area contributed by atoms with Gasteiger partial charge in [-0.25, -0.2) is 0 Å². The molecule has 1 heterocycles. The summed E-state index contributed by atoms with van der Waals surface area (Å²) in [5, 5.41) is 0. The number of hydrogen-bond acceptors (Lipinski definition) is 3. The molecule has 1 aliphatic heterocycles. The Morgan fingerprint density at radius 2 is 2.50 bits per heavy atom. The number of methoxy groups -OCH3 is 1. The molecular formula is C6H12BNO2. The van der Waals surface area contributed by atoms with E-state index in [2.05, 4.69) is 0 Å². The highest BCUT2D eigenvalue weighted by molar-refractivity contribution is 6.11. The molecule has 0 amide bonds. The van der Waals surface area contributed by atoms with Gasteiger partial charge in [-0.15, -0.1) is 0 Å². The van der Waals surface area contributed by atoms with Crippen molar-refractivity contribution >= 4 is 7.85 Å². The second-order valence-electron chi connectivity index (χ2n) is 2.57. The quantitative estimate of drug-likeness (QED) is 0.514. The molecular weight excluding hydrogens is 129 g/mol. The largest absolute Gasteiger partial charge is 0.382 e. The van der Waals surface area contributed by atoms with Gasteiger partial charge in [-0.1, -0.05) is 0 Å². The first kappa shape index (κ1) is 8.05. The molecule has 0 aromatic heterocycles. The van der Waals surface area contributed by atoms with Gasteiger partial charge in [-0.3, -0.25) is 0 Å². The van der Waals surface area contributed by atoms with Gasteiger partial charge in [0.2, 0.25) is 0 Å². The average Bonchev–Trinajstić information content (AvgIpc) is 2.13. The molecule has 1 unspecified atom stereocenters. The van der Waals surface area contributed by atoms with Crippen molar-refractivity contribution < 1.29 is 9.47 Å². The van der Waals surface area contributed by atoms with Crippen LogP contribution in [0.1, 0.15) is 6.42 Å². The van der Waals surface area contributed by atoms with Crippen molar-refractivity contribution in [2.24, 2.45) is 5.73 Å². The highest BCUT2D eigenvalue weighted by Gasteiger charge is 2.29. The van der Waals surface area contributed by atoms with Crippen molar-refractivity contribution in [3.63, 3.8) is 0 Å². The highest BCUT2D eigenvalue weighted by Crippen LogP contribution is 2.16. The maximum atomic E-state index is 5.67. The molecule has 1 fully saturated rings. The van der Waals surface area contributed by atoms with Crippen molar-refractivity contribution in [1.82, 2.24) is 0 Å². The summed E-state index contributed by atoms with van der Waals surface area (Å²) in [6, 6.07) is -0.162. The molecule has 0 bridgehead atoms. The standard InChI is InChI=1S/C6H12BNO2/c1-9-3-5-4(8)2-6(7)10-5/h4-6H,2-3,8H2,1H3/t4?,5-,6-/m1/s1. The average molecular weight is 141 g/mol. The van der Waals surface area contributed by atoms with E-state index in [1.807, 2.05) is 0 Å². The van der Waals surface area contributed by atoms with Gasteiger partial charge in [0.1, 0.15) is 7.85 Å². The normalized spacial score (nSPS) is 40.4. The maximum absolute atomic E-state index is 5.67. The summed E-state index contributed by atoms with van der Waals surface area (Å²) in [7, 11) is 7.11. The van der Waals surface area contributed by atoms with Gasteiger partial charge in [0.05, 0.1) is 12.7 Å². The zero-order chi connectivity index (χ0) is 7.56. The highest BCUT2D eigenvalue weighted by atomic mass is 16.5. The van der Waals surface area contributed by atoms with E-state index < -0.39 is 0 Å². The Kier molecular flexibility index (Phi) is 2.71. The fraction of sp³-hybridized carbons (Fsp3) is 1.00. The number of ether oxygens (including phenoxy) is 2. The molecule has 3 atom stereocenters. The smallest absolute Gasteiger partial charge is 0.109 e. The fourth-order valence-electron chi connectivity index (χ4n) is 1.13. The van der Waals surface area contributed by atoms with Crippen LogP contribution in [0.3, 0.4) is 0 Å². The molecule has 10 heavy (non-hydrogen) atoms. The molecule has 2 N–H and O–H groups in total. The van der Waals surface area contributed by atoms with E-state index in [0.717, 1.165) is 6.42 Å². The monoisotopic (exact) mass is 141 g/mol. The minimum atomic E-state index is -0.199. The van der Waals surface area contributed by atoms with Crippen LogP contribution in [0, 0.1) is 0 Å². The third kappa shape index (κ3) is 1.72. The fourth-order valence-corrected chi connectivity index (χ4v) is 1.13. The lowest BCUT2D eigenvalue weighted by molar-refractivity contribution is 0.0201. The number of rotatable bonds is 2. The topological polar surface area (TPSA) is 44.5 Å². The molecule has 2 radical (unpaired) electrons. The van der Waals surface area contributed by atoms with Crippen LogP contribution in [-0.4, -0.2) is 39.7 Å². The van der Waals surface area contributed by atoms with Crippen LogP contribution in [0.2, 0.25) is 0 Å². The van der Waals surface area contributed by atoms with Crippen LogP contribution < -0.4 is 5.73 Å². The molecule has 1 saturated heterocycles. The molecule has 1 aliphatic rings. The van der Waals surface area contributed by atoms with E-state index >= 15 is 0 Å². The molecule has 0 aromatic carbocycles. The molecule has 0 aliphatic carbocycles. The SMILES string of the molecule is [B][C@H]1CC(N)[C@@H](COC)O1. The Bertz CT molecular complexity index is 112. The van der Waals surface area contributed by atoms with Crippen LogP contribution in [0.15, 0.2) is 0 Å². The Hall–Kier alpha value is -0.0551. The van der Waals surface area contributed by atoms with Gasteiger partial charge in [-0.05, 0) is 6.42 Å². The molecule has 0 spiro atoms. The zero-order valence-corrected chi connectivity index (χ0v) is 6.12. The number of nitrogens with two attached hydrogens (primary N) is 1. The molecule has 56 valence electrons. The Morgan fingerprint density at radius 3 is 2.90 bits per heavy atom. The van der Waals surface area contributed by atoms with Gasteiger partial charge in [0.15, 0.2) is 0 Å². The molecule has 0 aromatic rings. The first-order chi connectivity index (χ1) is 4.74. The van der Waals surface area contributed by atoms with Crippen LogP contribution in [0.4, 0.5) is 0 Å². The molecule has 3 nitrogen and oxygen atoms in total. The Morgan fingerprint density at radius 1 is 1.80 bits per heavy atom. The molecule has 1 rings (SSSR count). The van der Waals surface area contributed by atoms with Crippen LogP contribution in [-0.2, 0) is 9.47 Å². The van der Waals surface area contributed by atoms with Gasteiger partial charge < -0.3 is 15.2 Å². The van der Waals surface area contributed by atoms with E-state index in [4.69, 9.17) is 23.1 Å². The van der Waals surface area contributed by atoms with E-state index in [1.54, 1.807) is 7.11 Å². The second-order valence-corrected chi connectivity index (χ2v) is 2.57. The summed E-state index contributed by atoms with van der Waals surface area (Å²) in [6.07, 6.45) is 0.716. The lowest BCUT2D eigenvalue weighted by atomic mass is 9.95. The summed E-state index contributed by atoms with van der Waals surface area (Å²) in [5.74, 6) is 0. The maximum Gasteiger partial charge on any atom is 0.109 e. The van der Waals surface area contributed by atoms with Crippen LogP contribution in [0.25, 0.3) is 0 Å². The lowest BCUT2D eigenvalue weighted by Gasteiger charge is -2.12. The Labute approximate surface area is 62.3 Å². The summed E-state index contributed by atoms with van der Waals surface area (Å²) < 4.78 is 10.1. The number of hydrogen-bond donors (Lipinski definition) is 1. The van der Waals surface area contributed by atoms with E-state index in [0.29, 0.717) is 6.61 Å². The van der Waals surface area contributed by atoms with E-state index in [9.17, 15) is 0 Å². The summed E-state index contributed by atoms with van der Waals surface area (Å²) >= 11 is 0. The second kappa shape index (κ2) is 3.37. The van der Waals surface area contributed by atoms with Crippen molar-refractivity contribution in [1.29, 1.82) is 0 Å². The summed E-state index contributed by atoms with van der Waals surface area (Å²) in [6.45, 7) is 0.537.